The molecule has 1 aliphatic carbocycles. The van der Waals surface area contributed by atoms with Crippen molar-refractivity contribution in [2.24, 2.45) is 5.92 Å². The number of benzene rings is 4. The third kappa shape index (κ3) is 3.94. The molecule has 0 saturated heterocycles. The van der Waals surface area contributed by atoms with Crippen molar-refractivity contribution in [1.29, 1.82) is 0 Å². The van der Waals surface area contributed by atoms with Gasteiger partial charge in [-0.15, -0.1) is 0 Å². The number of aromatic carboxylic acids is 1. The average molecular weight is 482 g/mol. The lowest BCUT2D eigenvalue weighted by atomic mass is 9.75. The number of rotatable bonds is 5. The highest BCUT2D eigenvalue weighted by Crippen LogP contribution is 2.54. The molecule has 0 aromatic heterocycles. The van der Waals surface area contributed by atoms with Crippen LogP contribution in [-0.4, -0.2) is 11.1 Å². The van der Waals surface area contributed by atoms with Crippen molar-refractivity contribution in [1.82, 2.24) is 0 Å². The summed E-state index contributed by atoms with van der Waals surface area (Å²) in [6, 6.07) is 29.9. The lowest BCUT2D eigenvalue weighted by Crippen LogP contribution is -2.31. The fraction of sp³-hybridized carbons (Fsp3) is 0.167. The van der Waals surface area contributed by atoms with Crippen molar-refractivity contribution >= 4 is 23.3 Å². The molecule has 3 atom stereocenters. The molecular weight excluding hydrogens is 458 g/mol. The smallest absolute Gasteiger partial charge is 0.337 e. The zero-order valence-electron chi connectivity index (χ0n) is 18.9. The Hall–Kier alpha value is -3.76. The molecule has 0 amide bonds. The monoisotopic (exact) mass is 481 g/mol. The molecule has 0 radical (unpaired) electrons. The maximum absolute atomic E-state index is 12.0. The van der Waals surface area contributed by atoms with Gasteiger partial charge >= 0.3 is 5.97 Å². The Bertz CT molecular complexity index is 1400. The number of carboxylic acid groups (broad SMARTS) is 1. The first kappa shape index (κ1) is 21.8. The summed E-state index contributed by atoms with van der Waals surface area (Å²) in [4.78, 5) is 12.0. The summed E-state index contributed by atoms with van der Waals surface area (Å²) in [5.41, 5.74) is 6.93. The van der Waals surface area contributed by atoms with Gasteiger partial charge in [0.05, 0.1) is 17.3 Å². The lowest BCUT2D eigenvalue weighted by molar-refractivity contribution is 0.0697. The number of ether oxygens (including phenoxy) is 1. The molecule has 4 aromatic rings. The maximum Gasteiger partial charge on any atom is 0.337 e. The molecule has 2 aliphatic rings. The summed E-state index contributed by atoms with van der Waals surface area (Å²) in [7, 11) is 0. The Morgan fingerprint density at radius 1 is 0.914 bits per heavy atom. The van der Waals surface area contributed by atoms with E-state index < -0.39 is 5.97 Å². The third-order valence-corrected chi connectivity index (χ3v) is 7.47. The van der Waals surface area contributed by atoms with Crippen LogP contribution in [0.5, 0.6) is 5.75 Å². The van der Waals surface area contributed by atoms with E-state index in [1.54, 1.807) is 6.07 Å². The standard InChI is InChI=1S/C30H24ClNO3/c31-21-12-8-18(9-13-21)17-35-22-14-10-19(11-15-22)28-26-16-20-4-1-2-5-23(20)27(26)24-6-3-7-25(30(33)34)29(24)32-28/h1-15,26-28,32H,16-17H2,(H,33,34)/t26-,27+,28+/m0/s1. The van der Waals surface area contributed by atoms with Crippen LogP contribution in [0.1, 0.15) is 50.1 Å². The van der Waals surface area contributed by atoms with Gasteiger partial charge in [0, 0.05) is 10.9 Å². The zero-order chi connectivity index (χ0) is 23.9. The number of carbonyl (C=O) groups is 1. The second-order valence-electron chi connectivity index (χ2n) is 9.23. The number of fused-ring (bicyclic) bond motifs is 5. The van der Waals surface area contributed by atoms with E-state index in [0.29, 0.717) is 23.1 Å². The molecule has 6 rings (SSSR count). The fourth-order valence-corrected chi connectivity index (χ4v) is 5.74. The van der Waals surface area contributed by atoms with E-state index in [9.17, 15) is 9.90 Å². The number of anilines is 1. The van der Waals surface area contributed by atoms with E-state index in [1.165, 1.54) is 11.1 Å². The highest BCUT2D eigenvalue weighted by Gasteiger charge is 2.44. The van der Waals surface area contributed by atoms with Crippen LogP contribution < -0.4 is 10.1 Å². The molecule has 0 spiro atoms. The van der Waals surface area contributed by atoms with Crippen LogP contribution in [0.4, 0.5) is 5.69 Å². The summed E-state index contributed by atoms with van der Waals surface area (Å²) in [5.74, 6) is 0.332. The fourth-order valence-electron chi connectivity index (χ4n) is 5.61. The zero-order valence-corrected chi connectivity index (χ0v) is 19.7. The SMILES string of the molecule is O=C(O)c1cccc2c1N[C@H](c1ccc(OCc3ccc(Cl)cc3)cc1)[C@H]1Cc3ccccc3[C@H]21. The summed E-state index contributed by atoms with van der Waals surface area (Å²) in [6.45, 7) is 0.466. The summed E-state index contributed by atoms with van der Waals surface area (Å²) in [5, 5.41) is 14.2. The van der Waals surface area contributed by atoms with Crippen molar-refractivity contribution in [3.8, 4) is 5.75 Å². The molecule has 0 bridgehead atoms. The van der Waals surface area contributed by atoms with Gasteiger partial charge in [-0.05, 0) is 70.5 Å². The molecule has 4 nitrogen and oxygen atoms in total. The predicted molar refractivity (Wildman–Crippen MR) is 137 cm³/mol. The van der Waals surface area contributed by atoms with Gasteiger partial charge in [-0.25, -0.2) is 4.79 Å². The topological polar surface area (TPSA) is 58.6 Å². The molecule has 0 saturated carbocycles. The Labute approximate surface area is 209 Å². The van der Waals surface area contributed by atoms with Gasteiger partial charge in [-0.1, -0.05) is 72.3 Å². The first-order valence-electron chi connectivity index (χ1n) is 11.8. The molecule has 35 heavy (non-hydrogen) atoms. The number of halogens is 1. The van der Waals surface area contributed by atoms with Gasteiger partial charge in [0.25, 0.3) is 0 Å². The Morgan fingerprint density at radius 2 is 1.66 bits per heavy atom. The number of para-hydroxylation sites is 1. The van der Waals surface area contributed by atoms with Crippen LogP contribution in [0.25, 0.3) is 0 Å². The van der Waals surface area contributed by atoms with Crippen LogP contribution in [-0.2, 0) is 13.0 Å². The Balaban J connectivity index is 1.32. The molecule has 0 unspecified atom stereocenters. The molecule has 174 valence electrons. The largest absolute Gasteiger partial charge is 0.489 e. The van der Waals surface area contributed by atoms with Gasteiger partial charge < -0.3 is 15.2 Å². The first-order valence-corrected chi connectivity index (χ1v) is 12.1. The highest BCUT2D eigenvalue weighted by atomic mass is 35.5. The normalized spacial score (nSPS) is 19.7. The van der Waals surface area contributed by atoms with E-state index in [-0.39, 0.29) is 12.0 Å². The summed E-state index contributed by atoms with van der Waals surface area (Å²) >= 11 is 5.97. The molecule has 2 N–H and O–H groups in total. The number of nitrogens with one attached hydrogen (secondary N) is 1. The third-order valence-electron chi connectivity index (χ3n) is 7.22. The van der Waals surface area contributed by atoms with E-state index in [2.05, 4.69) is 47.8 Å². The van der Waals surface area contributed by atoms with Crippen molar-refractivity contribution in [3.63, 3.8) is 0 Å². The molecule has 1 aliphatic heterocycles. The Morgan fingerprint density at radius 3 is 2.43 bits per heavy atom. The Kier molecular flexibility index (Phi) is 5.46. The second-order valence-corrected chi connectivity index (χ2v) is 9.66. The highest BCUT2D eigenvalue weighted by molar-refractivity contribution is 6.30. The van der Waals surface area contributed by atoms with E-state index >= 15 is 0 Å². The maximum atomic E-state index is 12.0. The first-order chi connectivity index (χ1) is 17.1. The van der Waals surface area contributed by atoms with Crippen LogP contribution in [0, 0.1) is 5.92 Å². The molecule has 0 fully saturated rings. The van der Waals surface area contributed by atoms with Crippen molar-refractivity contribution in [3.05, 3.63) is 129 Å². The van der Waals surface area contributed by atoms with Gasteiger partial charge in [0.15, 0.2) is 0 Å². The van der Waals surface area contributed by atoms with E-state index in [0.717, 1.165) is 34.5 Å². The minimum atomic E-state index is -0.913. The van der Waals surface area contributed by atoms with Crippen molar-refractivity contribution in [2.75, 3.05) is 5.32 Å². The van der Waals surface area contributed by atoms with Gasteiger partial charge in [-0.2, -0.15) is 0 Å². The van der Waals surface area contributed by atoms with E-state index in [4.69, 9.17) is 16.3 Å². The minimum Gasteiger partial charge on any atom is -0.489 e. The summed E-state index contributed by atoms with van der Waals surface area (Å²) < 4.78 is 5.98. The number of hydrogen-bond acceptors (Lipinski definition) is 3. The van der Waals surface area contributed by atoms with Crippen LogP contribution in [0.2, 0.25) is 5.02 Å². The van der Waals surface area contributed by atoms with Gasteiger partial charge in [0.1, 0.15) is 12.4 Å². The van der Waals surface area contributed by atoms with Gasteiger partial charge in [0.2, 0.25) is 0 Å². The number of hydrogen-bond donors (Lipinski definition) is 2. The van der Waals surface area contributed by atoms with Crippen LogP contribution in [0.3, 0.4) is 0 Å². The quantitative estimate of drug-likeness (QED) is 0.319. The molecule has 4 aromatic carbocycles. The van der Waals surface area contributed by atoms with E-state index in [1.807, 2.05) is 42.5 Å². The predicted octanol–water partition coefficient (Wildman–Crippen LogP) is 7.09. The number of carboxylic acids is 1. The minimum absolute atomic E-state index is 0.00860. The van der Waals surface area contributed by atoms with Crippen LogP contribution in [0.15, 0.2) is 91.0 Å². The van der Waals surface area contributed by atoms with Crippen LogP contribution >= 0.6 is 11.6 Å². The van der Waals surface area contributed by atoms with Gasteiger partial charge in [-0.3, -0.25) is 0 Å². The summed E-state index contributed by atoms with van der Waals surface area (Å²) in [6.07, 6.45) is 0.948. The second kappa shape index (κ2) is 8.79. The molecule has 1 heterocycles. The van der Waals surface area contributed by atoms with Crippen molar-refractivity contribution in [2.45, 2.75) is 25.0 Å². The lowest BCUT2D eigenvalue weighted by Gasteiger charge is -2.38. The molecule has 5 heteroatoms. The molecular formula is C30H24ClNO3. The van der Waals surface area contributed by atoms with Crippen molar-refractivity contribution < 1.29 is 14.6 Å². The average Bonchev–Trinajstić information content (AvgIpc) is 3.28.